The zero-order valence-corrected chi connectivity index (χ0v) is 8.92. The van der Waals surface area contributed by atoms with Crippen LogP contribution in [0.25, 0.3) is 0 Å². The van der Waals surface area contributed by atoms with Crippen molar-refractivity contribution in [2.24, 2.45) is 4.99 Å². The number of nitrogens with zero attached hydrogens (tertiary/aromatic N) is 1. The van der Waals surface area contributed by atoms with Crippen LogP contribution in [-0.2, 0) is 0 Å². The Balaban J connectivity index is 3.12. The van der Waals surface area contributed by atoms with Crippen LogP contribution in [0.15, 0.2) is 4.99 Å². The van der Waals surface area contributed by atoms with E-state index in [0.717, 1.165) is 13.0 Å². The molecule has 0 aromatic heterocycles. The van der Waals surface area contributed by atoms with Crippen molar-refractivity contribution in [3.63, 3.8) is 0 Å². The molecular weight excluding hydrogens is 153 g/mol. The summed E-state index contributed by atoms with van der Waals surface area (Å²) in [5, 5.41) is 0. The Morgan fingerprint density at radius 2 is 2.00 bits per heavy atom. The van der Waals surface area contributed by atoms with Crippen molar-refractivity contribution in [3.8, 4) is 0 Å². The molecule has 1 unspecified atom stereocenters. The number of unbranched alkanes of at least 4 members (excludes halogenated alkanes) is 2. The topological polar surface area (TPSA) is 12.4 Å². The highest BCUT2D eigenvalue weighted by atomic mass is 31.0. The van der Waals surface area contributed by atoms with Gasteiger partial charge in [-0.2, -0.15) is 0 Å². The average Bonchev–Trinajstić information content (AvgIpc) is 2.04. The van der Waals surface area contributed by atoms with Crippen molar-refractivity contribution >= 4 is 15.0 Å². The van der Waals surface area contributed by atoms with Crippen molar-refractivity contribution in [2.75, 3.05) is 12.7 Å². The van der Waals surface area contributed by atoms with E-state index < -0.39 is 0 Å². The first-order valence-corrected chi connectivity index (χ1v) is 5.33. The van der Waals surface area contributed by atoms with Gasteiger partial charge in [-0.05, 0) is 32.3 Å². The second kappa shape index (κ2) is 8.20. The SMILES string of the molecule is CCC(C)=NCCCCCP. The van der Waals surface area contributed by atoms with Crippen LogP contribution in [0.5, 0.6) is 0 Å². The van der Waals surface area contributed by atoms with Crippen molar-refractivity contribution < 1.29 is 0 Å². The lowest BCUT2D eigenvalue weighted by atomic mass is 10.2. The van der Waals surface area contributed by atoms with Gasteiger partial charge in [-0.3, -0.25) is 4.99 Å². The highest BCUT2D eigenvalue weighted by Crippen LogP contribution is 1.99. The van der Waals surface area contributed by atoms with Crippen LogP contribution in [0.2, 0.25) is 0 Å². The summed E-state index contributed by atoms with van der Waals surface area (Å²) in [6, 6.07) is 0. The van der Waals surface area contributed by atoms with Gasteiger partial charge in [0, 0.05) is 12.3 Å². The molecule has 0 amide bonds. The van der Waals surface area contributed by atoms with Gasteiger partial charge in [0.2, 0.25) is 0 Å². The van der Waals surface area contributed by atoms with E-state index in [2.05, 4.69) is 28.1 Å². The summed E-state index contributed by atoms with van der Waals surface area (Å²) in [6.45, 7) is 5.29. The van der Waals surface area contributed by atoms with Crippen LogP contribution in [0.4, 0.5) is 0 Å². The second-order valence-corrected chi connectivity index (χ2v) is 3.40. The van der Waals surface area contributed by atoms with Gasteiger partial charge in [-0.1, -0.05) is 13.3 Å². The molecule has 66 valence electrons. The first-order valence-electron chi connectivity index (χ1n) is 4.51. The molecule has 0 saturated carbocycles. The Labute approximate surface area is 72.9 Å². The summed E-state index contributed by atoms with van der Waals surface area (Å²) >= 11 is 0. The molecular formula is C9H20NP. The Hall–Kier alpha value is 0.100. The van der Waals surface area contributed by atoms with E-state index in [4.69, 9.17) is 0 Å². The molecule has 0 aliphatic carbocycles. The van der Waals surface area contributed by atoms with E-state index in [9.17, 15) is 0 Å². The molecule has 0 spiro atoms. The Morgan fingerprint density at radius 1 is 1.27 bits per heavy atom. The lowest BCUT2D eigenvalue weighted by Crippen LogP contribution is -1.91. The molecule has 0 aromatic carbocycles. The van der Waals surface area contributed by atoms with E-state index in [1.165, 1.54) is 31.1 Å². The average molecular weight is 173 g/mol. The third kappa shape index (κ3) is 8.00. The molecule has 0 fully saturated rings. The third-order valence-electron chi connectivity index (χ3n) is 1.76. The Morgan fingerprint density at radius 3 is 2.55 bits per heavy atom. The normalized spacial score (nSPS) is 12.1. The maximum absolute atomic E-state index is 4.42. The summed E-state index contributed by atoms with van der Waals surface area (Å²) in [4.78, 5) is 4.42. The minimum absolute atomic E-state index is 1.03. The standard InChI is InChI=1S/C9H20NP/c1-3-9(2)10-7-5-4-6-8-11/h3-8,11H2,1-2H3. The molecule has 0 radical (unpaired) electrons. The zero-order valence-electron chi connectivity index (χ0n) is 7.77. The molecule has 0 aliphatic rings. The van der Waals surface area contributed by atoms with Crippen LogP contribution in [0.1, 0.15) is 39.5 Å². The van der Waals surface area contributed by atoms with Gasteiger partial charge in [0.15, 0.2) is 0 Å². The van der Waals surface area contributed by atoms with Crippen LogP contribution >= 0.6 is 9.24 Å². The molecule has 0 N–H and O–H groups in total. The van der Waals surface area contributed by atoms with Crippen molar-refractivity contribution in [3.05, 3.63) is 0 Å². The first kappa shape index (κ1) is 11.1. The molecule has 1 atom stereocenters. The predicted octanol–water partition coefficient (Wildman–Crippen LogP) is 2.90. The maximum atomic E-state index is 4.42. The summed E-state index contributed by atoms with van der Waals surface area (Å²) in [5.41, 5.74) is 1.29. The minimum Gasteiger partial charge on any atom is -0.294 e. The van der Waals surface area contributed by atoms with Gasteiger partial charge in [-0.25, -0.2) is 0 Å². The van der Waals surface area contributed by atoms with Crippen molar-refractivity contribution in [1.82, 2.24) is 0 Å². The molecule has 0 saturated heterocycles. The fourth-order valence-corrected chi connectivity index (χ4v) is 1.10. The molecule has 2 heteroatoms. The number of aliphatic imine (C=N–C) groups is 1. The van der Waals surface area contributed by atoms with Gasteiger partial charge in [0.1, 0.15) is 0 Å². The van der Waals surface area contributed by atoms with Crippen molar-refractivity contribution in [2.45, 2.75) is 39.5 Å². The van der Waals surface area contributed by atoms with E-state index in [-0.39, 0.29) is 0 Å². The van der Waals surface area contributed by atoms with Crippen LogP contribution in [-0.4, -0.2) is 18.4 Å². The highest BCUT2D eigenvalue weighted by Gasteiger charge is 1.87. The minimum atomic E-state index is 1.03. The maximum Gasteiger partial charge on any atom is 0.0388 e. The molecule has 0 aromatic rings. The predicted molar refractivity (Wildman–Crippen MR) is 56.7 cm³/mol. The fraction of sp³-hybridized carbons (Fsp3) is 0.889. The van der Waals surface area contributed by atoms with E-state index in [1.54, 1.807) is 0 Å². The number of rotatable bonds is 6. The summed E-state index contributed by atoms with van der Waals surface area (Å²) in [6.07, 6.45) is 6.24. The fourth-order valence-electron chi connectivity index (χ4n) is 0.815. The van der Waals surface area contributed by atoms with Gasteiger partial charge < -0.3 is 0 Å². The van der Waals surface area contributed by atoms with E-state index in [0.29, 0.717) is 0 Å². The first-order chi connectivity index (χ1) is 5.31. The monoisotopic (exact) mass is 173 g/mol. The number of hydrogen-bond donors (Lipinski definition) is 0. The van der Waals surface area contributed by atoms with Gasteiger partial charge >= 0.3 is 0 Å². The van der Waals surface area contributed by atoms with Gasteiger partial charge in [0.25, 0.3) is 0 Å². The number of hydrogen-bond acceptors (Lipinski definition) is 1. The quantitative estimate of drug-likeness (QED) is 0.333. The summed E-state index contributed by atoms with van der Waals surface area (Å²) in [5.74, 6) is 0. The lowest BCUT2D eigenvalue weighted by molar-refractivity contribution is 0.732. The van der Waals surface area contributed by atoms with E-state index in [1.807, 2.05) is 0 Å². The van der Waals surface area contributed by atoms with Crippen LogP contribution in [0, 0.1) is 0 Å². The smallest absolute Gasteiger partial charge is 0.0388 e. The Kier molecular flexibility index (Phi) is 8.27. The van der Waals surface area contributed by atoms with Crippen LogP contribution < -0.4 is 0 Å². The van der Waals surface area contributed by atoms with Gasteiger partial charge in [0.05, 0.1) is 0 Å². The molecule has 0 aliphatic heterocycles. The van der Waals surface area contributed by atoms with Crippen molar-refractivity contribution in [1.29, 1.82) is 0 Å². The largest absolute Gasteiger partial charge is 0.294 e. The molecule has 0 heterocycles. The summed E-state index contributed by atoms with van der Waals surface area (Å²) in [7, 11) is 2.76. The lowest BCUT2D eigenvalue weighted by Gasteiger charge is -1.96. The Bertz CT molecular complexity index is 110. The highest BCUT2D eigenvalue weighted by molar-refractivity contribution is 7.16. The third-order valence-corrected chi connectivity index (χ3v) is 2.16. The molecule has 11 heavy (non-hydrogen) atoms. The second-order valence-electron chi connectivity index (χ2n) is 2.82. The molecule has 1 nitrogen and oxygen atoms in total. The van der Waals surface area contributed by atoms with Gasteiger partial charge in [-0.15, -0.1) is 9.24 Å². The van der Waals surface area contributed by atoms with Crippen LogP contribution in [0.3, 0.4) is 0 Å². The summed E-state index contributed by atoms with van der Waals surface area (Å²) < 4.78 is 0. The molecule has 0 rings (SSSR count). The van der Waals surface area contributed by atoms with E-state index >= 15 is 0 Å². The molecule has 0 bridgehead atoms. The zero-order chi connectivity index (χ0) is 8.53.